The monoisotopic (exact) mass is 527 g/mol. The molecule has 1 aromatic rings. The summed E-state index contributed by atoms with van der Waals surface area (Å²) in [6.07, 6.45) is 0.568. The van der Waals surface area contributed by atoms with E-state index in [1.807, 2.05) is 0 Å². The standard InChI is InChI=1S/C22H33N5O8S/c23-8-2-1-3-14(24)19(31)25-16(10-18(29)30)21(33)26-15(9-12-4-6-13(28)7-5-12)20(32)27-17(11-36)22(34)35/h4-7,14-17,28,36H,1-3,8-11,23-24H2,(H,25,31)(H,26,33)(H,27,32)(H,29,30)(H,34,35). The first-order valence-corrected chi connectivity index (χ1v) is 11.8. The number of unbranched alkanes of at least 4 members (excludes halogenated alkanes) is 1. The minimum atomic E-state index is -1.55. The van der Waals surface area contributed by atoms with Crippen molar-refractivity contribution >= 4 is 42.3 Å². The number of thiol groups is 1. The first-order valence-electron chi connectivity index (χ1n) is 11.2. The molecule has 0 heterocycles. The van der Waals surface area contributed by atoms with Gasteiger partial charge in [-0.2, -0.15) is 12.6 Å². The second kappa shape index (κ2) is 15.6. The van der Waals surface area contributed by atoms with E-state index in [-0.39, 0.29) is 24.3 Å². The Bertz CT molecular complexity index is 914. The van der Waals surface area contributed by atoms with Crippen LogP contribution < -0.4 is 27.4 Å². The van der Waals surface area contributed by atoms with Crippen LogP contribution in [-0.2, 0) is 30.4 Å². The summed E-state index contributed by atoms with van der Waals surface area (Å²) in [6.45, 7) is 0.415. The molecule has 0 aliphatic rings. The average molecular weight is 528 g/mol. The van der Waals surface area contributed by atoms with E-state index in [0.29, 0.717) is 24.9 Å². The minimum absolute atomic E-state index is 0.0307. The summed E-state index contributed by atoms with van der Waals surface area (Å²) in [4.78, 5) is 60.8. The van der Waals surface area contributed by atoms with E-state index in [1.54, 1.807) is 0 Å². The highest BCUT2D eigenvalue weighted by Crippen LogP contribution is 2.12. The molecule has 13 nitrogen and oxygen atoms in total. The maximum Gasteiger partial charge on any atom is 0.327 e. The Labute approximate surface area is 213 Å². The molecule has 200 valence electrons. The van der Waals surface area contributed by atoms with Gasteiger partial charge in [-0.1, -0.05) is 18.6 Å². The molecule has 0 spiro atoms. The van der Waals surface area contributed by atoms with E-state index in [0.717, 1.165) is 0 Å². The van der Waals surface area contributed by atoms with E-state index in [4.69, 9.17) is 11.5 Å². The normalized spacial score (nSPS) is 14.1. The van der Waals surface area contributed by atoms with Crippen LogP contribution in [0.2, 0.25) is 0 Å². The lowest BCUT2D eigenvalue weighted by Gasteiger charge is -2.24. The van der Waals surface area contributed by atoms with Crippen LogP contribution in [0.4, 0.5) is 0 Å². The van der Waals surface area contributed by atoms with Crippen LogP contribution in [-0.4, -0.2) is 81.4 Å². The number of nitrogens with one attached hydrogen (secondary N) is 3. The molecule has 0 aromatic heterocycles. The summed E-state index contributed by atoms with van der Waals surface area (Å²) in [5.74, 6) is -5.56. The number of carbonyl (C=O) groups excluding carboxylic acids is 3. The van der Waals surface area contributed by atoms with Gasteiger partial charge in [0.05, 0.1) is 12.5 Å². The Morgan fingerprint density at radius 3 is 1.94 bits per heavy atom. The Kier molecular flexibility index (Phi) is 13.3. The van der Waals surface area contributed by atoms with Crippen LogP contribution in [0.3, 0.4) is 0 Å². The summed E-state index contributed by atoms with van der Waals surface area (Å²) in [6, 6.07) is 0.474. The maximum absolute atomic E-state index is 12.9. The third-order valence-corrected chi connectivity index (χ3v) is 5.49. The number of carbonyl (C=O) groups is 5. The van der Waals surface area contributed by atoms with Crippen molar-refractivity contribution in [3.63, 3.8) is 0 Å². The van der Waals surface area contributed by atoms with Crippen molar-refractivity contribution in [2.24, 2.45) is 11.5 Å². The van der Waals surface area contributed by atoms with Crippen molar-refractivity contribution in [1.82, 2.24) is 16.0 Å². The van der Waals surface area contributed by atoms with E-state index >= 15 is 0 Å². The van der Waals surface area contributed by atoms with Crippen LogP contribution in [0.15, 0.2) is 24.3 Å². The fourth-order valence-electron chi connectivity index (χ4n) is 3.11. The number of phenolic OH excluding ortho intramolecular Hbond substituents is 1. The number of hydrogen-bond donors (Lipinski definition) is 9. The molecule has 4 atom stereocenters. The topological polar surface area (TPSA) is 234 Å². The molecule has 14 heteroatoms. The quantitative estimate of drug-likeness (QED) is 0.0876. The SMILES string of the molecule is NCCCCC(N)C(=O)NC(CC(=O)O)C(=O)NC(Cc1ccc(O)cc1)C(=O)NC(CS)C(=O)O. The van der Waals surface area contributed by atoms with E-state index < -0.39 is 60.2 Å². The zero-order valence-corrected chi connectivity index (χ0v) is 20.4. The maximum atomic E-state index is 12.9. The Balaban J connectivity index is 3.07. The predicted molar refractivity (Wildman–Crippen MR) is 132 cm³/mol. The van der Waals surface area contributed by atoms with Gasteiger partial charge >= 0.3 is 11.9 Å². The number of amides is 3. The summed E-state index contributed by atoms with van der Waals surface area (Å²) >= 11 is 3.89. The van der Waals surface area contributed by atoms with Crippen molar-refractivity contribution in [2.75, 3.05) is 12.3 Å². The molecule has 0 fully saturated rings. The molecule has 1 aromatic carbocycles. The van der Waals surface area contributed by atoms with Crippen LogP contribution in [0, 0.1) is 0 Å². The second-order valence-electron chi connectivity index (χ2n) is 8.06. The molecule has 4 unspecified atom stereocenters. The van der Waals surface area contributed by atoms with Gasteiger partial charge < -0.3 is 42.7 Å². The number of rotatable bonds is 16. The summed E-state index contributed by atoms with van der Waals surface area (Å²) in [5.41, 5.74) is 11.7. The number of aliphatic carboxylic acids is 2. The highest BCUT2D eigenvalue weighted by Gasteiger charge is 2.31. The lowest BCUT2D eigenvalue weighted by molar-refractivity contribution is -0.142. The zero-order chi connectivity index (χ0) is 27.3. The molecular weight excluding hydrogens is 494 g/mol. The number of carboxylic acid groups (broad SMARTS) is 2. The zero-order valence-electron chi connectivity index (χ0n) is 19.6. The third kappa shape index (κ3) is 10.9. The van der Waals surface area contributed by atoms with Crippen molar-refractivity contribution in [3.8, 4) is 5.75 Å². The number of nitrogens with two attached hydrogens (primary N) is 2. The van der Waals surface area contributed by atoms with Gasteiger partial charge in [0.1, 0.15) is 23.9 Å². The molecule has 0 aliphatic carbocycles. The van der Waals surface area contributed by atoms with E-state index in [2.05, 4.69) is 28.6 Å². The Morgan fingerprint density at radius 2 is 1.42 bits per heavy atom. The lowest BCUT2D eigenvalue weighted by atomic mass is 10.0. The van der Waals surface area contributed by atoms with Gasteiger partial charge in [-0.3, -0.25) is 19.2 Å². The Morgan fingerprint density at radius 1 is 0.861 bits per heavy atom. The van der Waals surface area contributed by atoms with Crippen molar-refractivity contribution in [2.45, 2.75) is 56.3 Å². The molecule has 10 N–H and O–H groups in total. The first kappa shape index (κ1) is 30.7. The largest absolute Gasteiger partial charge is 0.508 e. The van der Waals surface area contributed by atoms with Gasteiger partial charge in [-0.05, 0) is 37.1 Å². The fourth-order valence-corrected chi connectivity index (χ4v) is 3.36. The number of benzene rings is 1. The molecule has 0 aliphatic heterocycles. The van der Waals surface area contributed by atoms with E-state index in [1.165, 1.54) is 24.3 Å². The number of phenols is 1. The molecule has 0 saturated heterocycles. The highest BCUT2D eigenvalue weighted by molar-refractivity contribution is 7.80. The summed E-state index contributed by atoms with van der Waals surface area (Å²) in [5, 5.41) is 34.9. The lowest BCUT2D eigenvalue weighted by Crippen LogP contribution is -2.58. The molecule has 0 radical (unpaired) electrons. The smallest absolute Gasteiger partial charge is 0.327 e. The predicted octanol–water partition coefficient (Wildman–Crippen LogP) is -1.67. The van der Waals surface area contributed by atoms with Gasteiger partial charge in [0.25, 0.3) is 0 Å². The van der Waals surface area contributed by atoms with Crippen molar-refractivity contribution in [1.29, 1.82) is 0 Å². The third-order valence-electron chi connectivity index (χ3n) is 5.12. The van der Waals surface area contributed by atoms with Crippen molar-refractivity contribution in [3.05, 3.63) is 29.8 Å². The number of hydrogen-bond acceptors (Lipinski definition) is 9. The van der Waals surface area contributed by atoms with Gasteiger partial charge in [0.15, 0.2) is 0 Å². The fraction of sp³-hybridized carbons (Fsp3) is 0.500. The van der Waals surface area contributed by atoms with Crippen LogP contribution >= 0.6 is 12.6 Å². The van der Waals surface area contributed by atoms with Crippen molar-refractivity contribution < 1.29 is 39.3 Å². The summed E-state index contributed by atoms with van der Waals surface area (Å²) < 4.78 is 0. The Hall–Kier alpha value is -3.36. The first-order chi connectivity index (χ1) is 17.0. The van der Waals surface area contributed by atoms with Crippen LogP contribution in [0.1, 0.15) is 31.2 Å². The van der Waals surface area contributed by atoms with Gasteiger partial charge in [-0.25, -0.2) is 4.79 Å². The van der Waals surface area contributed by atoms with Gasteiger partial charge in [0.2, 0.25) is 17.7 Å². The summed E-state index contributed by atoms with van der Waals surface area (Å²) in [7, 11) is 0. The van der Waals surface area contributed by atoms with Gasteiger partial charge in [0, 0.05) is 12.2 Å². The molecule has 0 saturated carbocycles. The minimum Gasteiger partial charge on any atom is -0.508 e. The van der Waals surface area contributed by atoms with Crippen LogP contribution in [0.25, 0.3) is 0 Å². The molecule has 3 amide bonds. The van der Waals surface area contributed by atoms with E-state index in [9.17, 15) is 39.3 Å². The number of aromatic hydroxyl groups is 1. The molecule has 0 bridgehead atoms. The van der Waals surface area contributed by atoms with Crippen LogP contribution in [0.5, 0.6) is 5.75 Å². The molecule has 36 heavy (non-hydrogen) atoms. The highest BCUT2D eigenvalue weighted by atomic mass is 32.1. The molecule has 1 rings (SSSR count). The average Bonchev–Trinajstić information content (AvgIpc) is 2.82. The second-order valence-corrected chi connectivity index (χ2v) is 8.43. The number of carboxylic acids is 2. The molecular formula is C22H33N5O8S. The van der Waals surface area contributed by atoms with Gasteiger partial charge in [-0.15, -0.1) is 0 Å².